The molecule has 0 fully saturated rings. The van der Waals surface area contributed by atoms with Gasteiger partial charge in [-0.25, -0.2) is 9.59 Å². The second kappa shape index (κ2) is 10.0. The van der Waals surface area contributed by atoms with Crippen LogP contribution in [0.15, 0.2) is 60.7 Å². The van der Waals surface area contributed by atoms with Crippen LogP contribution < -0.4 is 5.32 Å². The number of carbonyl (C=O) groups is 3. The first-order chi connectivity index (χ1) is 14.9. The van der Waals surface area contributed by atoms with Crippen molar-refractivity contribution < 1.29 is 23.9 Å². The lowest BCUT2D eigenvalue weighted by molar-refractivity contribution is 0.0527. The molecule has 6 nitrogen and oxygen atoms in total. The zero-order valence-electron chi connectivity index (χ0n) is 17.5. The van der Waals surface area contributed by atoms with Gasteiger partial charge >= 0.3 is 11.9 Å². The van der Waals surface area contributed by atoms with Crippen molar-refractivity contribution in [1.29, 1.82) is 0 Å². The van der Waals surface area contributed by atoms with E-state index in [0.717, 1.165) is 10.4 Å². The minimum absolute atomic E-state index is 0.0457. The Labute approximate surface area is 184 Å². The Morgan fingerprint density at radius 1 is 0.968 bits per heavy atom. The van der Waals surface area contributed by atoms with Crippen LogP contribution in [0.1, 0.15) is 61.3 Å². The van der Waals surface area contributed by atoms with Gasteiger partial charge in [-0.05, 0) is 42.8 Å². The molecule has 0 saturated carbocycles. The molecule has 1 unspecified atom stereocenters. The zero-order valence-corrected chi connectivity index (χ0v) is 18.3. The number of anilines is 1. The lowest BCUT2D eigenvalue weighted by Crippen LogP contribution is -2.14. The molecule has 160 valence electrons. The summed E-state index contributed by atoms with van der Waals surface area (Å²) in [6.45, 7) is 4.02. The lowest BCUT2D eigenvalue weighted by Gasteiger charge is -2.09. The molecule has 0 aliphatic rings. The van der Waals surface area contributed by atoms with Crippen LogP contribution in [0.3, 0.4) is 0 Å². The minimum Gasteiger partial charge on any atom is -0.465 e. The maximum absolute atomic E-state index is 12.8. The summed E-state index contributed by atoms with van der Waals surface area (Å²) in [5, 5.41) is 3.25. The molecule has 0 radical (unpaired) electrons. The number of esters is 2. The summed E-state index contributed by atoms with van der Waals surface area (Å²) in [6.07, 6.45) is 0. The van der Waals surface area contributed by atoms with Crippen molar-refractivity contribution in [2.24, 2.45) is 0 Å². The van der Waals surface area contributed by atoms with Crippen molar-refractivity contribution in [2.45, 2.75) is 19.8 Å². The van der Waals surface area contributed by atoms with Gasteiger partial charge in [0.25, 0.3) is 5.91 Å². The molecule has 1 N–H and O–H groups in total. The van der Waals surface area contributed by atoms with E-state index in [1.54, 1.807) is 13.0 Å². The third kappa shape index (κ3) is 5.19. The molecular formula is C24H23NO5S. The maximum atomic E-state index is 12.8. The van der Waals surface area contributed by atoms with Crippen molar-refractivity contribution >= 4 is 34.2 Å². The standard InChI is InChI=1S/C24H23NO5S/c1-4-30-24(28)19-14-20(15(2)16-8-6-5-7-9-16)31-22(19)25-21(26)17-10-12-18(13-11-17)23(27)29-3/h5-15H,4H2,1-3H3,(H,25,26). The highest BCUT2D eigenvalue weighted by Crippen LogP contribution is 2.36. The second-order valence-corrected chi connectivity index (χ2v) is 7.85. The molecule has 1 amide bonds. The van der Waals surface area contributed by atoms with Gasteiger partial charge in [-0.2, -0.15) is 0 Å². The number of benzene rings is 2. The number of ether oxygens (including phenoxy) is 2. The number of nitrogens with one attached hydrogen (secondary N) is 1. The second-order valence-electron chi connectivity index (χ2n) is 6.77. The summed E-state index contributed by atoms with van der Waals surface area (Å²) < 4.78 is 9.84. The number of carbonyl (C=O) groups excluding carboxylic acids is 3. The SMILES string of the molecule is CCOC(=O)c1cc(C(C)c2ccccc2)sc1NC(=O)c1ccc(C(=O)OC)cc1. The maximum Gasteiger partial charge on any atom is 0.341 e. The molecule has 0 aliphatic carbocycles. The number of thiophene rings is 1. The highest BCUT2D eigenvalue weighted by Gasteiger charge is 2.22. The first-order valence-corrected chi connectivity index (χ1v) is 10.6. The highest BCUT2D eigenvalue weighted by atomic mass is 32.1. The molecule has 1 aromatic heterocycles. The van der Waals surface area contributed by atoms with Crippen LogP contribution in [0.5, 0.6) is 0 Å². The van der Waals surface area contributed by atoms with Crippen molar-refractivity contribution in [1.82, 2.24) is 0 Å². The van der Waals surface area contributed by atoms with Crippen LogP contribution in [-0.4, -0.2) is 31.6 Å². The Balaban J connectivity index is 1.88. The summed E-state index contributed by atoms with van der Waals surface area (Å²) in [5.74, 6) is -1.30. The van der Waals surface area contributed by atoms with E-state index in [0.29, 0.717) is 21.7 Å². The highest BCUT2D eigenvalue weighted by molar-refractivity contribution is 7.16. The van der Waals surface area contributed by atoms with Crippen molar-refractivity contribution in [2.75, 3.05) is 19.0 Å². The van der Waals surface area contributed by atoms with E-state index in [1.165, 1.54) is 42.7 Å². The Bertz CT molecular complexity index is 1070. The Morgan fingerprint density at radius 3 is 2.23 bits per heavy atom. The van der Waals surface area contributed by atoms with Crippen LogP contribution in [0, 0.1) is 0 Å². The molecule has 7 heteroatoms. The molecule has 0 saturated heterocycles. The molecule has 0 aliphatic heterocycles. The van der Waals surface area contributed by atoms with Crippen LogP contribution >= 0.6 is 11.3 Å². The molecule has 31 heavy (non-hydrogen) atoms. The van der Waals surface area contributed by atoms with Gasteiger partial charge in [0.1, 0.15) is 5.00 Å². The van der Waals surface area contributed by atoms with Gasteiger partial charge in [0.2, 0.25) is 0 Å². The van der Waals surface area contributed by atoms with Crippen molar-refractivity contribution in [3.05, 3.63) is 87.8 Å². The van der Waals surface area contributed by atoms with Gasteiger partial charge in [0, 0.05) is 16.4 Å². The number of hydrogen-bond donors (Lipinski definition) is 1. The average Bonchev–Trinajstić information content (AvgIpc) is 3.22. The predicted octanol–water partition coefficient (Wildman–Crippen LogP) is 5.12. The molecule has 2 aromatic carbocycles. The van der Waals surface area contributed by atoms with Gasteiger partial charge < -0.3 is 14.8 Å². The first kappa shape index (κ1) is 22.2. The van der Waals surface area contributed by atoms with E-state index in [4.69, 9.17) is 4.74 Å². The molecule has 3 aromatic rings. The zero-order chi connectivity index (χ0) is 22.4. The van der Waals surface area contributed by atoms with E-state index in [2.05, 4.69) is 10.1 Å². The number of amides is 1. The first-order valence-electron chi connectivity index (χ1n) is 9.80. The van der Waals surface area contributed by atoms with Gasteiger partial charge in [-0.3, -0.25) is 4.79 Å². The average molecular weight is 438 g/mol. The van der Waals surface area contributed by atoms with Crippen LogP contribution in [-0.2, 0) is 9.47 Å². The van der Waals surface area contributed by atoms with E-state index in [-0.39, 0.29) is 18.4 Å². The van der Waals surface area contributed by atoms with Gasteiger partial charge in [0.15, 0.2) is 0 Å². The Kier molecular flexibility index (Phi) is 7.20. The smallest absolute Gasteiger partial charge is 0.341 e. The molecule has 1 atom stereocenters. The molecule has 0 spiro atoms. The monoisotopic (exact) mass is 437 g/mol. The topological polar surface area (TPSA) is 81.7 Å². The van der Waals surface area contributed by atoms with E-state index >= 15 is 0 Å². The summed E-state index contributed by atoms with van der Waals surface area (Å²) in [5.41, 5.74) is 2.13. The quantitative estimate of drug-likeness (QED) is 0.519. The fourth-order valence-electron chi connectivity index (χ4n) is 3.03. The molecule has 0 bridgehead atoms. The number of hydrogen-bond acceptors (Lipinski definition) is 6. The minimum atomic E-state index is -0.485. The van der Waals surface area contributed by atoms with Crippen molar-refractivity contribution in [3.63, 3.8) is 0 Å². The molecule has 1 heterocycles. The summed E-state index contributed by atoms with van der Waals surface area (Å²) in [6, 6.07) is 17.8. The van der Waals surface area contributed by atoms with Gasteiger partial charge in [0.05, 0.1) is 24.8 Å². The van der Waals surface area contributed by atoms with E-state index in [9.17, 15) is 14.4 Å². The van der Waals surface area contributed by atoms with Crippen molar-refractivity contribution in [3.8, 4) is 0 Å². The molecule has 3 rings (SSSR count). The lowest BCUT2D eigenvalue weighted by atomic mass is 9.99. The van der Waals surface area contributed by atoms with Crippen LogP contribution in [0.2, 0.25) is 0 Å². The summed E-state index contributed by atoms with van der Waals surface area (Å²) in [7, 11) is 1.30. The third-order valence-electron chi connectivity index (χ3n) is 4.77. The summed E-state index contributed by atoms with van der Waals surface area (Å²) in [4.78, 5) is 37.8. The summed E-state index contributed by atoms with van der Waals surface area (Å²) >= 11 is 1.34. The van der Waals surface area contributed by atoms with Gasteiger partial charge in [-0.1, -0.05) is 37.3 Å². The van der Waals surface area contributed by atoms with E-state index in [1.807, 2.05) is 37.3 Å². The van der Waals surface area contributed by atoms with Crippen LogP contribution in [0.25, 0.3) is 0 Å². The Hall–Kier alpha value is -3.45. The number of methoxy groups -OCH3 is 1. The van der Waals surface area contributed by atoms with Gasteiger partial charge in [-0.15, -0.1) is 11.3 Å². The van der Waals surface area contributed by atoms with Crippen LogP contribution in [0.4, 0.5) is 5.00 Å². The third-order valence-corrected chi connectivity index (χ3v) is 6.00. The van der Waals surface area contributed by atoms with E-state index < -0.39 is 11.9 Å². The normalized spacial score (nSPS) is 11.5. The fourth-order valence-corrected chi connectivity index (χ4v) is 4.15. The number of rotatable bonds is 7. The Morgan fingerprint density at radius 2 is 1.61 bits per heavy atom. The predicted molar refractivity (Wildman–Crippen MR) is 120 cm³/mol. The molecular weight excluding hydrogens is 414 g/mol. The fraction of sp³-hybridized carbons (Fsp3) is 0.208. The largest absolute Gasteiger partial charge is 0.465 e.